The highest BCUT2D eigenvalue weighted by atomic mass is 32.1. The molecule has 0 saturated heterocycles. The molecular weight excluding hydrogens is 804 g/mol. The van der Waals surface area contributed by atoms with Gasteiger partial charge < -0.3 is 21.6 Å². The zero-order chi connectivity index (χ0) is 43.0. The highest BCUT2D eigenvalue weighted by Gasteiger charge is 2.31. The number of ether oxygens (including phenoxy) is 1. The lowest BCUT2D eigenvalue weighted by Crippen LogP contribution is -2.34. The van der Waals surface area contributed by atoms with Gasteiger partial charge in [-0.1, -0.05) is 53.3 Å². The lowest BCUT2D eigenvalue weighted by molar-refractivity contribution is -0.274. The Bertz CT molecular complexity index is 2110. The number of nitriles is 1. The Balaban J connectivity index is 0.000000293. The van der Waals surface area contributed by atoms with Gasteiger partial charge in [-0.05, 0) is 105 Å². The van der Waals surface area contributed by atoms with Crippen LogP contribution in [0.1, 0.15) is 76.6 Å². The molecule has 0 atom stereocenters. The van der Waals surface area contributed by atoms with Gasteiger partial charge in [0.25, 0.3) is 0 Å². The standard InChI is InChI=1S/C20H20F3N5O2S.C19H21N3O.CH5N3S/c21-20(22,23)30-17-6-3-4-13(11-17)10-16(29)12-15-9-8-14(25-26-15)5-1-2-7-18-27-28-19(24)31-18;1-15-6-5-7-16(12-15)13-19(23)14-18-10-9-17(21-22-18)8-3-2-4-11-20;2-1(5)4-3/h3-4,6,8-9,11H,1-2,5,7,10,12H2,(H2,24,28);5-7,9-10,12H,2-4,8,13-14H2,1H3;3H2,(H3,2,4,5). The second-order valence-electron chi connectivity index (χ2n) is 13.1. The van der Waals surface area contributed by atoms with E-state index in [1.807, 2.05) is 54.8 Å². The summed E-state index contributed by atoms with van der Waals surface area (Å²) in [4.78, 5) is 24.4. The first-order chi connectivity index (χ1) is 28.2. The minimum atomic E-state index is -4.77. The number of halogens is 3. The van der Waals surface area contributed by atoms with Gasteiger partial charge in [0.15, 0.2) is 5.11 Å². The SMILES string of the molecule is Cc1cccc(CC(=O)Cc2ccc(CCCCC#N)nn2)c1.NNC(N)=S.Nc1nnc(CCCCc2ccc(CC(=O)Cc3cccc(OC(F)(F)F)c3)nn2)s1. The maximum absolute atomic E-state index is 12.3. The average Bonchev–Trinajstić information content (AvgIpc) is 3.61. The van der Waals surface area contributed by atoms with E-state index in [0.29, 0.717) is 41.3 Å². The van der Waals surface area contributed by atoms with Crippen LogP contribution in [0, 0.1) is 18.3 Å². The molecule has 0 saturated carbocycles. The van der Waals surface area contributed by atoms with E-state index in [9.17, 15) is 22.8 Å². The van der Waals surface area contributed by atoms with Crippen molar-refractivity contribution < 1.29 is 27.5 Å². The quantitative estimate of drug-likeness (QED) is 0.0353. The Morgan fingerprint density at radius 3 is 1.75 bits per heavy atom. The molecule has 0 fully saturated rings. The first kappa shape index (κ1) is 47.4. The molecule has 0 radical (unpaired) electrons. The molecule has 3 heterocycles. The number of hydrazine groups is 1. The molecule has 3 aromatic heterocycles. The van der Waals surface area contributed by atoms with Gasteiger partial charge in [-0.3, -0.25) is 9.59 Å². The van der Waals surface area contributed by atoms with Crippen LogP contribution in [0.25, 0.3) is 0 Å². The van der Waals surface area contributed by atoms with Gasteiger partial charge in [-0.2, -0.15) is 25.7 Å². The van der Waals surface area contributed by atoms with Crippen LogP contribution < -0.4 is 27.5 Å². The van der Waals surface area contributed by atoms with Gasteiger partial charge in [0.2, 0.25) is 5.13 Å². The van der Waals surface area contributed by atoms with Gasteiger partial charge >= 0.3 is 6.36 Å². The van der Waals surface area contributed by atoms with E-state index < -0.39 is 6.36 Å². The number of carbonyl (C=O) groups excluding carboxylic acids is 2. The van der Waals surface area contributed by atoms with Crippen molar-refractivity contribution in [1.29, 1.82) is 5.26 Å². The highest BCUT2D eigenvalue weighted by molar-refractivity contribution is 7.80. The summed E-state index contributed by atoms with van der Waals surface area (Å²) in [5.41, 5.74) is 18.0. The smallest absolute Gasteiger partial charge is 0.406 e. The predicted octanol–water partition coefficient (Wildman–Crippen LogP) is 5.80. The van der Waals surface area contributed by atoms with Crippen LogP contribution in [0.5, 0.6) is 5.75 Å². The van der Waals surface area contributed by atoms with Crippen molar-refractivity contribution in [2.75, 3.05) is 5.73 Å². The van der Waals surface area contributed by atoms with E-state index >= 15 is 0 Å². The fourth-order valence-corrected chi connectivity index (χ4v) is 6.00. The van der Waals surface area contributed by atoms with Crippen molar-refractivity contribution in [3.8, 4) is 11.8 Å². The molecule has 0 unspecified atom stereocenters. The van der Waals surface area contributed by atoms with E-state index in [-0.39, 0.29) is 35.3 Å². The molecule has 0 bridgehead atoms. The monoisotopic (exact) mass is 849 g/mol. The summed E-state index contributed by atoms with van der Waals surface area (Å²) in [5, 5.41) is 34.3. The van der Waals surface area contributed by atoms with Crippen LogP contribution in [0.15, 0.2) is 72.8 Å². The molecule has 59 heavy (non-hydrogen) atoms. The number of carbonyl (C=O) groups is 2. The summed E-state index contributed by atoms with van der Waals surface area (Å²) < 4.78 is 40.8. The lowest BCUT2D eigenvalue weighted by atomic mass is 10.0. The molecule has 0 aliphatic rings. The molecule has 0 spiro atoms. The molecule has 0 amide bonds. The van der Waals surface area contributed by atoms with E-state index in [4.69, 9.17) is 16.7 Å². The Morgan fingerprint density at radius 2 is 1.27 bits per heavy atom. The number of anilines is 1. The van der Waals surface area contributed by atoms with Gasteiger partial charge in [0, 0.05) is 25.7 Å². The molecule has 312 valence electrons. The number of thiocarbonyl (C=S) groups is 1. The minimum absolute atomic E-state index is 0.0192. The van der Waals surface area contributed by atoms with E-state index in [1.54, 1.807) is 12.1 Å². The number of hydrogen-bond acceptors (Lipinski definition) is 14. The molecule has 0 aliphatic heterocycles. The number of nitrogens with one attached hydrogen (secondary N) is 1. The normalized spacial score (nSPS) is 10.6. The molecule has 0 aliphatic carbocycles. The van der Waals surface area contributed by atoms with E-state index in [1.165, 1.54) is 29.5 Å². The number of ketones is 2. The molecule has 14 nitrogen and oxygen atoms in total. The summed E-state index contributed by atoms with van der Waals surface area (Å²) in [5.74, 6) is 4.27. The van der Waals surface area contributed by atoms with E-state index in [0.717, 1.165) is 72.5 Å². The third-order valence-electron chi connectivity index (χ3n) is 7.99. The lowest BCUT2D eigenvalue weighted by Gasteiger charge is -2.09. The molecule has 5 rings (SSSR count). The van der Waals surface area contributed by atoms with Crippen molar-refractivity contribution in [3.05, 3.63) is 117 Å². The summed E-state index contributed by atoms with van der Waals surface area (Å²) in [6.45, 7) is 2.02. The van der Waals surface area contributed by atoms with Gasteiger partial charge in [-0.25, -0.2) is 5.84 Å². The van der Waals surface area contributed by atoms with Crippen LogP contribution in [0.3, 0.4) is 0 Å². The van der Waals surface area contributed by atoms with Crippen molar-refractivity contribution in [3.63, 3.8) is 0 Å². The van der Waals surface area contributed by atoms with Crippen molar-refractivity contribution >= 4 is 45.4 Å². The first-order valence-electron chi connectivity index (χ1n) is 18.5. The van der Waals surface area contributed by atoms with Gasteiger partial charge in [-0.15, -0.1) is 23.4 Å². The van der Waals surface area contributed by atoms with Crippen LogP contribution in [0.2, 0.25) is 0 Å². The maximum Gasteiger partial charge on any atom is 0.573 e. The minimum Gasteiger partial charge on any atom is -0.406 e. The third-order valence-corrected chi connectivity index (χ3v) is 8.92. The summed E-state index contributed by atoms with van der Waals surface area (Å²) >= 11 is 5.62. The molecule has 2 aromatic carbocycles. The Morgan fingerprint density at radius 1 is 0.763 bits per heavy atom. The second kappa shape index (κ2) is 25.4. The maximum atomic E-state index is 12.3. The van der Waals surface area contributed by atoms with Crippen LogP contribution >= 0.6 is 23.6 Å². The molecule has 19 heteroatoms. The topological polar surface area (TPSA) is 235 Å². The molecule has 7 N–H and O–H groups in total. The predicted molar refractivity (Wildman–Crippen MR) is 221 cm³/mol. The summed E-state index contributed by atoms with van der Waals surface area (Å²) in [6.07, 6.45) is 2.63. The number of rotatable bonds is 18. The number of nitrogens with zero attached hydrogens (tertiary/aromatic N) is 7. The zero-order valence-electron chi connectivity index (χ0n) is 32.5. The molecule has 5 aromatic rings. The number of Topliss-reactive ketones (excluding diaryl/α,β-unsaturated/α-hetero) is 2. The van der Waals surface area contributed by atoms with Crippen LogP contribution in [-0.2, 0) is 54.5 Å². The third kappa shape index (κ3) is 20.9. The fourth-order valence-electron chi connectivity index (χ4n) is 5.35. The van der Waals surface area contributed by atoms with Gasteiger partial charge in [0.05, 0.1) is 41.7 Å². The Hall–Kier alpha value is -5.97. The highest BCUT2D eigenvalue weighted by Crippen LogP contribution is 2.24. The second-order valence-corrected chi connectivity index (χ2v) is 14.6. The number of alkyl halides is 3. The number of nitrogen functional groups attached to an aromatic ring is 1. The average molecular weight is 850 g/mol. The number of nitrogens with two attached hydrogens (primary N) is 3. The Kier molecular flexibility index (Phi) is 20.4. The number of benzene rings is 2. The summed E-state index contributed by atoms with van der Waals surface area (Å²) in [7, 11) is 0. The van der Waals surface area contributed by atoms with Crippen molar-refractivity contribution in [2.24, 2.45) is 11.6 Å². The number of aryl methyl sites for hydroxylation is 4. The van der Waals surface area contributed by atoms with Crippen molar-refractivity contribution in [2.45, 2.75) is 90.3 Å². The first-order valence-corrected chi connectivity index (χ1v) is 19.7. The van der Waals surface area contributed by atoms with E-state index in [2.05, 4.69) is 59.5 Å². The Labute approximate surface area is 349 Å². The van der Waals surface area contributed by atoms with Gasteiger partial charge in [0.1, 0.15) is 22.3 Å². The fraction of sp³-hybridized carbons (Fsp3) is 0.350. The summed E-state index contributed by atoms with van der Waals surface area (Å²) in [6, 6.07) is 22.9. The van der Waals surface area contributed by atoms with Crippen LogP contribution in [-0.4, -0.2) is 53.6 Å². The number of unbranched alkanes of at least 4 members (excludes halogenated alkanes) is 3. The molecular formula is C40H46F3N11O3S2. The van der Waals surface area contributed by atoms with Crippen molar-refractivity contribution in [1.82, 2.24) is 36.0 Å². The zero-order valence-corrected chi connectivity index (χ0v) is 34.1. The number of hydrogen-bond donors (Lipinski definition) is 4. The number of aromatic nitrogens is 6. The van der Waals surface area contributed by atoms with Crippen LogP contribution in [0.4, 0.5) is 18.3 Å². The largest absolute Gasteiger partial charge is 0.573 e.